The van der Waals surface area contributed by atoms with Crippen LogP contribution in [0.3, 0.4) is 0 Å². The highest BCUT2D eigenvalue weighted by Crippen LogP contribution is 2.37. The van der Waals surface area contributed by atoms with Gasteiger partial charge < -0.3 is 10.2 Å². The van der Waals surface area contributed by atoms with Crippen molar-refractivity contribution in [1.29, 1.82) is 0 Å². The predicted molar refractivity (Wildman–Crippen MR) is 111 cm³/mol. The van der Waals surface area contributed by atoms with E-state index in [1.807, 2.05) is 0 Å². The molecule has 0 unspecified atom stereocenters. The minimum atomic E-state index is -4.85. The molecule has 0 spiro atoms. The van der Waals surface area contributed by atoms with E-state index in [4.69, 9.17) is 11.6 Å². The Morgan fingerprint density at radius 1 is 1.13 bits per heavy atom. The van der Waals surface area contributed by atoms with E-state index in [9.17, 15) is 26.4 Å². The SMILES string of the molecule is O=C(NCCCN1CCCC1)C1CCN(S(=O)(=O)c2ccc(Cl)cc2C(F)(F)F)CC1. The maximum absolute atomic E-state index is 13.3. The lowest BCUT2D eigenvalue weighted by Crippen LogP contribution is -2.43. The second kappa shape index (κ2) is 10.1. The van der Waals surface area contributed by atoms with Crippen LogP contribution in [0.25, 0.3) is 0 Å². The van der Waals surface area contributed by atoms with Crippen molar-refractivity contribution in [2.45, 2.75) is 43.2 Å². The van der Waals surface area contributed by atoms with Crippen molar-refractivity contribution >= 4 is 27.5 Å². The van der Waals surface area contributed by atoms with Gasteiger partial charge in [-0.1, -0.05) is 11.6 Å². The Bertz CT molecular complexity index is 881. The van der Waals surface area contributed by atoms with Gasteiger partial charge in [0, 0.05) is 30.6 Å². The molecule has 174 valence electrons. The first-order valence-corrected chi connectivity index (χ1v) is 12.3. The number of likely N-dealkylation sites (tertiary alicyclic amines) is 1. The fourth-order valence-electron chi connectivity index (χ4n) is 4.11. The van der Waals surface area contributed by atoms with Crippen molar-refractivity contribution in [3.8, 4) is 0 Å². The van der Waals surface area contributed by atoms with Gasteiger partial charge in [0.2, 0.25) is 15.9 Å². The molecule has 3 rings (SSSR count). The summed E-state index contributed by atoms with van der Waals surface area (Å²) >= 11 is 5.65. The number of piperidine rings is 1. The number of nitrogens with one attached hydrogen (secondary N) is 1. The smallest absolute Gasteiger partial charge is 0.356 e. The number of rotatable bonds is 7. The van der Waals surface area contributed by atoms with Crippen LogP contribution in [-0.4, -0.2) is 62.8 Å². The average Bonchev–Trinajstić information content (AvgIpc) is 3.24. The first-order chi connectivity index (χ1) is 14.6. The van der Waals surface area contributed by atoms with Crippen LogP contribution in [0.15, 0.2) is 23.1 Å². The zero-order valence-corrected chi connectivity index (χ0v) is 18.7. The number of sulfonamides is 1. The van der Waals surface area contributed by atoms with E-state index < -0.39 is 26.7 Å². The second-order valence-electron chi connectivity index (χ2n) is 8.01. The first kappa shape index (κ1) is 24.3. The molecule has 0 aromatic heterocycles. The molecule has 1 N–H and O–H groups in total. The second-order valence-corrected chi connectivity index (χ2v) is 10.4. The lowest BCUT2D eigenvalue weighted by molar-refractivity contribution is -0.139. The monoisotopic (exact) mass is 481 g/mol. The summed E-state index contributed by atoms with van der Waals surface area (Å²) in [5.74, 6) is -0.466. The highest BCUT2D eigenvalue weighted by Gasteiger charge is 2.40. The lowest BCUT2D eigenvalue weighted by atomic mass is 9.97. The maximum Gasteiger partial charge on any atom is 0.417 e. The first-order valence-electron chi connectivity index (χ1n) is 10.5. The van der Waals surface area contributed by atoms with Gasteiger partial charge in [-0.3, -0.25) is 4.79 Å². The van der Waals surface area contributed by atoms with Crippen LogP contribution in [0.5, 0.6) is 0 Å². The molecule has 6 nitrogen and oxygen atoms in total. The van der Waals surface area contributed by atoms with E-state index in [-0.39, 0.29) is 42.8 Å². The van der Waals surface area contributed by atoms with Crippen LogP contribution >= 0.6 is 11.6 Å². The van der Waals surface area contributed by atoms with Crippen LogP contribution in [0.2, 0.25) is 5.02 Å². The minimum Gasteiger partial charge on any atom is -0.356 e. The molecule has 1 aromatic carbocycles. The van der Waals surface area contributed by atoms with Gasteiger partial charge in [-0.15, -0.1) is 0 Å². The van der Waals surface area contributed by atoms with Crippen LogP contribution in [0.4, 0.5) is 13.2 Å². The number of halogens is 4. The Hall–Kier alpha value is -1.36. The quantitative estimate of drug-likeness (QED) is 0.606. The maximum atomic E-state index is 13.3. The Labute approximate surface area is 185 Å². The minimum absolute atomic E-state index is 0.00583. The molecule has 0 bridgehead atoms. The number of amides is 1. The Morgan fingerprint density at radius 3 is 2.39 bits per heavy atom. The third-order valence-corrected chi connectivity index (χ3v) is 8.03. The summed E-state index contributed by atoms with van der Waals surface area (Å²) in [6.07, 6.45) is -1.02. The fourth-order valence-corrected chi connectivity index (χ4v) is 5.95. The summed E-state index contributed by atoms with van der Waals surface area (Å²) in [6.45, 7) is 3.70. The van der Waals surface area contributed by atoms with Crippen molar-refractivity contribution in [3.63, 3.8) is 0 Å². The molecule has 2 aliphatic rings. The zero-order valence-electron chi connectivity index (χ0n) is 17.1. The Kier molecular flexibility index (Phi) is 7.88. The van der Waals surface area contributed by atoms with Gasteiger partial charge in [0.1, 0.15) is 0 Å². The summed E-state index contributed by atoms with van der Waals surface area (Å²) < 4.78 is 66.8. The largest absolute Gasteiger partial charge is 0.417 e. The number of nitrogens with zero attached hydrogens (tertiary/aromatic N) is 2. The third-order valence-electron chi connectivity index (χ3n) is 5.84. The van der Waals surface area contributed by atoms with E-state index >= 15 is 0 Å². The van der Waals surface area contributed by atoms with E-state index in [0.29, 0.717) is 12.6 Å². The molecule has 0 aliphatic carbocycles. The highest BCUT2D eigenvalue weighted by atomic mass is 35.5. The van der Waals surface area contributed by atoms with Gasteiger partial charge in [-0.25, -0.2) is 8.42 Å². The molecule has 11 heteroatoms. The van der Waals surface area contributed by atoms with Gasteiger partial charge in [0.15, 0.2) is 0 Å². The molecule has 31 heavy (non-hydrogen) atoms. The van der Waals surface area contributed by atoms with Gasteiger partial charge in [-0.05, 0) is 69.9 Å². The van der Waals surface area contributed by atoms with Crippen molar-refractivity contribution < 1.29 is 26.4 Å². The lowest BCUT2D eigenvalue weighted by Gasteiger charge is -2.31. The molecule has 1 aromatic rings. The van der Waals surface area contributed by atoms with Crippen molar-refractivity contribution in [2.75, 3.05) is 39.3 Å². The molecule has 2 saturated heterocycles. The third kappa shape index (κ3) is 6.12. The van der Waals surface area contributed by atoms with Crippen LogP contribution < -0.4 is 5.32 Å². The van der Waals surface area contributed by atoms with Crippen molar-refractivity contribution in [2.24, 2.45) is 5.92 Å². The molecule has 0 atom stereocenters. The van der Waals surface area contributed by atoms with Gasteiger partial charge in [-0.2, -0.15) is 17.5 Å². The fraction of sp³-hybridized carbons (Fsp3) is 0.650. The van der Waals surface area contributed by atoms with Crippen LogP contribution in [0, 0.1) is 5.92 Å². The van der Waals surface area contributed by atoms with Gasteiger partial charge in [0.05, 0.1) is 10.5 Å². The average molecular weight is 482 g/mol. The molecule has 2 heterocycles. The Balaban J connectivity index is 1.54. The van der Waals surface area contributed by atoms with Crippen molar-refractivity contribution in [1.82, 2.24) is 14.5 Å². The van der Waals surface area contributed by atoms with Gasteiger partial charge >= 0.3 is 6.18 Å². The molecule has 0 saturated carbocycles. The van der Waals surface area contributed by atoms with Crippen molar-refractivity contribution in [3.05, 3.63) is 28.8 Å². The van der Waals surface area contributed by atoms with Crippen LogP contribution in [0.1, 0.15) is 37.7 Å². The standard InChI is InChI=1S/C20H27ClF3N3O3S/c21-16-4-5-18(17(14-16)20(22,23)24)31(29,30)27-12-6-15(7-13-27)19(28)25-8-3-11-26-9-1-2-10-26/h4-5,14-15H,1-3,6-13H2,(H,25,28). The molecular formula is C20H27ClF3N3O3S. The number of carbonyl (C=O) groups excluding carboxylic acids is 1. The summed E-state index contributed by atoms with van der Waals surface area (Å²) in [5, 5.41) is 2.71. The van der Waals surface area contributed by atoms with E-state index in [0.717, 1.165) is 42.5 Å². The summed E-state index contributed by atoms with van der Waals surface area (Å²) in [6, 6.07) is 2.64. The Morgan fingerprint density at radius 2 is 1.77 bits per heavy atom. The summed E-state index contributed by atoms with van der Waals surface area (Å²) in [5.41, 5.74) is -1.28. The van der Waals surface area contributed by atoms with Crippen LogP contribution in [-0.2, 0) is 21.0 Å². The van der Waals surface area contributed by atoms with E-state index in [2.05, 4.69) is 10.2 Å². The predicted octanol–water partition coefficient (Wildman–Crippen LogP) is 3.36. The summed E-state index contributed by atoms with van der Waals surface area (Å²) in [7, 11) is -4.35. The zero-order chi connectivity index (χ0) is 22.6. The number of benzene rings is 1. The number of hydrogen-bond acceptors (Lipinski definition) is 4. The normalized spacial score (nSPS) is 19.6. The highest BCUT2D eigenvalue weighted by molar-refractivity contribution is 7.89. The number of alkyl halides is 3. The molecule has 1 amide bonds. The summed E-state index contributed by atoms with van der Waals surface area (Å²) in [4.78, 5) is 13.9. The van der Waals surface area contributed by atoms with E-state index in [1.54, 1.807) is 0 Å². The molecule has 2 aliphatic heterocycles. The number of hydrogen-bond donors (Lipinski definition) is 1. The molecular weight excluding hydrogens is 455 g/mol. The van der Waals surface area contributed by atoms with Gasteiger partial charge in [0.25, 0.3) is 0 Å². The molecule has 2 fully saturated rings. The number of carbonyl (C=O) groups is 1. The molecule has 0 radical (unpaired) electrons. The topological polar surface area (TPSA) is 69.7 Å². The van der Waals surface area contributed by atoms with E-state index in [1.165, 1.54) is 12.8 Å².